The third-order valence-corrected chi connectivity index (χ3v) is 5.49. The molecule has 0 spiro atoms. The number of amides is 1. The minimum absolute atomic E-state index is 0.177. The van der Waals surface area contributed by atoms with Gasteiger partial charge in [-0.1, -0.05) is 62.2 Å². The lowest BCUT2D eigenvalue weighted by molar-refractivity contribution is -0.134. The molecule has 1 aliphatic heterocycles. The van der Waals surface area contributed by atoms with Crippen molar-refractivity contribution in [2.45, 2.75) is 52.4 Å². The number of nitrogens with zero attached hydrogens (tertiary/aromatic N) is 1. The monoisotopic (exact) mass is 460 g/mol. The maximum Gasteiger partial charge on any atom is 0.217 e. The number of fused-ring (bicyclic) bond motifs is 1. The lowest BCUT2D eigenvalue weighted by atomic mass is 9.85. The van der Waals surface area contributed by atoms with Gasteiger partial charge in [0.05, 0.1) is 11.7 Å². The number of Topliss-reactive ketones (excluding diaryl/α,β-unsaturated/α-hetero) is 1. The fraction of sp³-hybridized carbons (Fsp3) is 0.375. The Balaban J connectivity index is 2.02. The molecule has 0 saturated carbocycles. The first kappa shape index (κ1) is 23.5. The van der Waals surface area contributed by atoms with Crippen LogP contribution in [-0.4, -0.2) is 30.1 Å². The summed E-state index contributed by atoms with van der Waals surface area (Å²) in [5, 5.41) is 3.82. The molecule has 1 amide bonds. The minimum atomic E-state index is -0.966. The first-order chi connectivity index (χ1) is 14.5. The Morgan fingerprint density at radius 1 is 1.13 bits per heavy atom. The van der Waals surface area contributed by atoms with Crippen molar-refractivity contribution in [2.24, 2.45) is 10.4 Å². The molecule has 3 unspecified atom stereocenters. The van der Waals surface area contributed by atoms with Gasteiger partial charge in [0, 0.05) is 34.3 Å². The zero-order chi connectivity index (χ0) is 22.8. The van der Waals surface area contributed by atoms with Gasteiger partial charge in [-0.2, -0.15) is 0 Å². The summed E-state index contributed by atoms with van der Waals surface area (Å²) in [6.07, 6.45) is 0.344. The molecule has 1 heterocycles. The molecule has 0 aromatic heterocycles. The molecule has 31 heavy (non-hydrogen) atoms. The van der Waals surface area contributed by atoms with Crippen LogP contribution in [0.25, 0.3) is 0 Å². The van der Waals surface area contributed by atoms with Crippen molar-refractivity contribution in [3.8, 4) is 0 Å². The van der Waals surface area contributed by atoms with E-state index in [2.05, 4.69) is 10.3 Å². The number of ether oxygens (including phenoxy) is 1. The van der Waals surface area contributed by atoms with E-state index < -0.39 is 18.2 Å². The maximum absolute atomic E-state index is 13.5. The Labute approximate surface area is 192 Å². The third-order valence-electron chi connectivity index (χ3n) is 4.91. The summed E-state index contributed by atoms with van der Waals surface area (Å²) in [5.41, 5.74) is 1.90. The highest BCUT2D eigenvalue weighted by atomic mass is 35.5. The first-order valence-electron chi connectivity index (χ1n) is 10.1. The number of hydrogen-bond donors (Lipinski definition) is 1. The lowest BCUT2D eigenvalue weighted by Crippen LogP contribution is -2.47. The average Bonchev–Trinajstić information content (AvgIpc) is 2.85. The number of aliphatic imine (C=N–C) groups is 1. The molecule has 7 heteroatoms. The van der Waals surface area contributed by atoms with Crippen molar-refractivity contribution in [3.05, 3.63) is 63.6 Å². The van der Waals surface area contributed by atoms with E-state index in [1.807, 2.05) is 39.0 Å². The van der Waals surface area contributed by atoms with E-state index in [0.717, 1.165) is 5.56 Å². The van der Waals surface area contributed by atoms with Crippen LogP contribution in [0.4, 0.5) is 5.69 Å². The second kappa shape index (κ2) is 9.51. The summed E-state index contributed by atoms with van der Waals surface area (Å²) >= 11 is 12.7. The molecule has 3 rings (SSSR count). The summed E-state index contributed by atoms with van der Waals surface area (Å²) in [4.78, 5) is 29.7. The number of carbonyl (C=O) groups is 2. The van der Waals surface area contributed by atoms with Crippen LogP contribution in [0.15, 0.2) is 47.5 Å². The van der Waals surface area contributed by atoms with Gasteiger partial charge in [0.1, 0.15) is 6.10 Å². The smallest absolute Gasteiger partial charge is 0.217 e. The zero-order valence-electron chi connectivity index (χ0n) is 18.0. The van der Waals surface area contributed by atoms with Gasteiger partial charge in [0.25, 0.3) is 0 Å². The van der Waals surface area contributed by atoms with E-state index >= 15 is 0 Å². The highest BCUT2D eigenvalue weighted by Gasteiger charge is 2.35. The van der Waals surface area contributed by atoms with E-state index in [4.69, 9.17) is 27.9 Å². The molecule has 0 fully saturated rings. The second-order valence-electron chi connectivity index (χ2n) is 8.86. The molecule has 5 nitrogen and oxygen atoms in total. The SMILES string of the molecule is CC(=O)NC(CC(C)(C)C)C(=O)C1C=Nc2ccc(Cl)cc2C(c2ccccc2Cl)O1. The van der Waals surface area contributed by atoms with Gasteiger partial charge in [0.15, 0.2) is 11.9 Å². The number of rotatable bonds is 5. The first-order valence-corrected chi connectivity index (χ1v) is 10.8. The number of nitrogens with one attached hydrogen (secondary N) is 1. The third kappa shape index (κ3) is 5.94. The van der Waals surface area contributed by atoms with Crippen molar-refractivity contribution in [2.75, 3.05) is 0 Å². The molecular weight excluding hydrogens is 435 g/mol. The summed E-state index contributed by atoms with van der Waals surface area (Å²) in [6.45, 7) is 7.44. The van der Waals surface area contributed by atoms with Crippen molar-refractivity contribution < 1.29 is 14.3 Å². The van der Waals surface area contributed by atoms with Crippen LogP contribution in [0.3, 0.4) is 0 Å². The number of benzene rings is 2. The molecule has 164 valence electrons. The van der Waals surface area contributed by atoms with Crippen LogP contribution in [0.2, 0.25) is 10.0 Å². The summed E-state index contributed by atoms with van der Waals surface area (Å²) < 4.78 is 6.31. The van der Waals surface area contributed by atoms with Crippen molar-refractivity contribution in [3.63, 3.8) is 0 Å². The fourth-order valence-electron chi connectivity index (χ4n) is 3.60. The van der Waals surface area contributed by atoms with E-state index in [9.17, 15) is 9.59 Å². The Morgan fingerprint density at radius 2 is 1.84 bits per heavy atom. The molecule has 1 aliphatic rings. The Hall–Kier alpha value is -2.21. The highest BCUT2D eigenvalue weighted by Crippen LogP contribution is 2.40. The Kier molecular flexibility index (Phi) is 7.20. The minimum Gasteiger partial charge on any atom is -0.352 e. The van der Waals surface area contributed by atoms with Crippen LogP contribution in [0.5, 0.6) is 0 Å². The molecule has 3 atom stereocenters. The topological polar surface area (TPSA) is 67.8 Å². The number of carbonyl (C=O) groups excluding carboxylic acids is 2. The van der Waals surface area contributed by atoms with Crippen molar-refractivity contribution in [1.29, 1.82) is 0 Å². The molecule has 1 N–H and O–H groups in total. The van der Waals surface area contributed by atoms with Gasteiger partial charge < -0.3 is 10.1 Å². The van der Waals surface area contributed by atoms with E-state index in [1.165, 1.54) is 13.1 Å². The van der Waals surface area contributed by atoms with Gasteiger partial charge in [0.2, 0.25) is 5.91 Å². The van der Waals surface area contributed by atoms with Crippen LogP contribution in [0, 0.1) is 5.41 Å². The van der Waals surface area contributed by atoms with Crippen LogP contribution in [0.1, 0.15) is 51.3 Å². The Morgan fingerprint density at radius 3 is 2.48 bits per heavy atom. The van der Waals surface area contributed by atoms with Crippen LogP contribution in [-0.2, 0) is 14.3 Å². The molecule has 0 radical (unpaired) electrons. The number of hydrogen-bond acceptors (Lipinski definition) is 4. The summed E-state index contributed by atoms with van der Waals surface area (Å²) in [7, 11) is 0. The van der Waals surface area contributed by atoms with Crippen LogP contribution >= 0.6 is 23.2 Å². The van der Waals surface area contributed by atoms with E-state index in [1.54, 1.807) is 24.3 Å². The number of halogens is 2. The van der Waals surface area contributed by atoms with Gasteiger partial charge in [-0.05, 0) is 36.1 Å². The fourth-order valence-corrected chi connectivity index (χ4v) is 4.02. The summed E-state index contributed by atoms with van der Waals surface area (Å²) in [6, 6.07) is 11.9. The lowest BCUT2D eigenvalue weighted by Gasteiger charge is -2.29. The molecule has 0 bridgehead atoms. The van der Waals surface area contributed by atoms with Crippen LogP contribution < -0.4 is 5.32 Å². The zero-order valence-corrected chi connectivity index (χ0v) is 19.5. The van der Waals surface area contributed by atoms with Gasteiger partial charge >= 0.3 is 0 Å². The second-order valence-corrected chi connectivity index (χ2v) is 9.70. The standard InChI is InChI=1S/C24H26Cl2N2O3/c1-14(29)28-20(12-24(2,3)4)22(30)21-13-27-19-10-9-15(25)11-17(19)23(31-21)16-7-5-6-8-18(16)26/h5-11,13,20-21,23H,12H2,1-4H3,(H,28,29). The average molecular weight is 461 g/mol. The molecule has 2 aromatic carbocycles. The normalized spacial score (nSPS) is 19.3. The van der Waals surface area contributed by atoms with Gasteiger partial charge in [-0.25, -0.2) is 0 Å². The van der Waals surface area contributed by atoms with Crippen molar-refractivity contribution >= 4 is 46.8 Å². The predicted octanol–water partition coefficient (Wildman–Crippen LogP) is 5.69. The van der Waals surface area contributed by atoms with E-state index in [-0.39, 0.29) is 17.1 Å². The maximum atomic E-state index is 13.5. The van der Waals surface area contributed by atoms with Crippen molar-refractivity contribution in [1.82, 2.24) is 5.32 Å². The van der Waals surface area contributed by atoms with Gasteiger partial charge in [-0.15, -0.1) is 0 Å². The highest BCUT2D eigenvalue weighted by molar-refractivity contribution is 6.31. The quantitative estimate of drug-likeness (QED) is 0.622. The number of ketones is 1. The molecule has 0 saturated heterocycles. The molecule has 0 aliphatic carbocycles. The molecular formula is C24H26Cl2N2O3. The Bertz CT molecular complexity index is 1010. The predicted molar refractivity (Wildman–Crippen MR) is 124 cm³/mol. The van der Waals surface area contributed by atoms with E-state index in [0.29, 0.717) is 27.7 Å². The summed E-state index contributed by atoms with van der Waals surface area (Å²) in [5.74, 6) is -0.532. The van der Waals surface area contributed by atoms with Gasteiger partial charge in [-0.3, -0.25) is 14.6 Å². The molecule has 2 aromatic rings. The largest absolute Gasteiger partial charge is 0.352 e.